The number of anilines is 3. The zero-order valence-corrected chi connectivity index (χ0v) is 70.2. The number of fused-ring (bicyclic) bond motifs is 5. The third-order valence-electron chi connectivity index (χ3n) is 24.6. The van der Waals surface area contributed by atoms with E-state index in [4.69, 9.17) is 0 Å². The molecule has 626 valence electrons. The molecule has 6 unspecified atom stereocenters. The van der Waals surface area contributed by atoms with E-state index < -0.39 is 27.7 Å². The minimum atomic E-state index is -4.48. The number of benzene rings is 6. The first kappa shape index (κ1) is 84.0. The number of aromatic amines is 1. The number of para-hydroxylation sites is 3. The van der Waals surface area contributed by atoms with Crippen LogP contribution in [0.5, 0.6) is 0 Å². The van der Waals surface area contributed by atoms with Gasteiger partial charge in [0.15, 0.2) is 0 Å². The van der Waals surface area contributed by atoms with E-state index in [1.54, 1.807) is 38.2 Å². The molecule has 7 aromatic rings. The molecule has 6 atom stereocenters. The van der Waals surface area contributed by atoms with E-state index in [9.17, 15) is 56.3 Å². The van der Waals surface area contributed by atoms with Crippen molar-refractivity contribution in [2.75, 3.05) is 94.6 Å². The second-order valence-electron chi connectivity index (χ2n) is 33.9. The standard InChI is InChI=1S/C33H41N5O3S.C31H36F3N3O3S.C26H30N4O3S.3H2/c1-33(2,3)15-20-38-30(40)27(42-31(38)25-9-6-8-23-11-16-34-29(23)25)21-28(39)36-17-13-24(14-18-36)37-19-12-22-7-4-5-10-26(22)35-32(37)41;1-20(2)11-14-36-28(40)26(41-29(36)22-7-5-4-6-8-22)18-27(39)35-15-12-30(13-16-35)19-37(21(3)38)25-10-9-23(17-24(25)30)31(32,33)34;1-28-24(32)22(34-25(28)19-8-3-2-4-9-19)17-23(31)29-14-12-20(13-15-29)30-16-11-18-7-5-6-10-21(18)27-26(30)33;;;/h4-11,16,24,27,31,34H,12-15,17-21H2,1-3H3,(H,35,41);4-10,17,20,26,29H,11-16,18-19H2,1-3H3;2-10,20,22,25H,11-17H2,1H3,(H,27,33);3*1H. The van der Waals surface area contributed by atoms with Gasteiger partial charge in [0, 0.05) is 156 Å². The molecule has 3 N–H and O–H groups in total. The summed E-state index contributed by atoms with van der Waals surface area (Å²) < 4.78 is 40.6. The van der Waals surface area contributed by atoms with E-state index in [1.807, 2.05) is 146 Å². The molecule has 6 saturated heterocycles. The van der Waals surface area contributed by atoms with Gasteiger partial charge in [-0.3, -0.25) is 33.6 Å². The Morgan fingerprint density at radius 1 is 0.547 bits per heavy atom. The number of halogens is 3. The van der Waals surface area contributed by atoms with Gasteiger partial charge in [0.1, 0.15) is 16.1 Å². The second kappa shape index (κ2) is 36.0. The normalized spacial score (nSPS) is 22.5. The monoisotopic (exact) mass is 1660 g/mol. The maximum absolute atomic E-state index is 13.8. The van der Waals surface area contributed by atoms with Gasteiger partial charge in [0.05, 0.1) is 26.8 Å². The number of rotatable bonds is 16. The molecule has 6 aromatic carbocycles. The third-order valence-corrected chi connectivity index (χ3v) is 29.1. The van der Waals surface area contributed by atoms with E-state index in [2.05, 4.69) is 80.6 Å². The Labute approximate surface area is 700 Å². The molecular weight excluding hydrogens is 1550 g/mol. The average Bonchev–Trinajstić information content (AvgIpc) is 1.58. The van der Waals surface area contributed by atoms with Crippen molar-refractivity contribution in [1.82, 2.24) is 44.2 Å². The molecule has 0 bridgehead atoms. The Morgan fingerprint density at radius 3 is 1.54 bits per heavy atom. The Morgan fingerprint density at radius 2 is 1.03 bits per heavy atom. The number of nitrogens with one attached hydrogen (secondary N) is 3. The molecule has 11 amide bonds. The van der Waals surface area contributed by atoms with Gasteiger partial charge in [-0.05, 0) is 145 Å². The van der Waals surface area contributed by atoms with Crippen LogP contribution in [0.15, 0.2) is 158 Å². The van der Waals surface area contributed by atoms with Crippen LogP contribution in [0.2, 0.25) is 0 Å². The number of thioether (sulfide) groups is 3. The highest BCUT2D eigenvalue weighted by Gasteiger charge is 2.50. The number of aromatic nitrogens is 1. The topological polar surface area (TPSA) is 223 Å². The van der Waals surface area contributed by atoms with E-state index in [1.165, 1.54) is 30.8 Å². The van der Waals surface area contributed by atoms with Crippen LogP contribution in [0.3, 0.4) is 0 Å². The highest BCUT2D eigenvalue weighted by Crippen LogP contribution is 2.52. The zero-order chi connectivity index (χ0) is 82.6. The predicted octanol–water partition coefficient (Wildman–Crippen LogP) is 16.5. The molecule has 9 aliphatic rings. The maximum Gasteiger partial charge on any atom is 0.416 e. The van der Waals surface area contributed by atoms with Gasteiger partial charge in [-0.1, -0.05) is 150 Å². The average molecular weight is 1660 g/mol. The van der Waals surface area contributed by atoms with Crippen LogP contribution in [0.4, 0.5) is 39.8 Å². The number of H-pyrrole nitrogens is 1. The van der Waals surface area contributed by atoms with Crippen molar-refractivity contribution in [2.24, 2.45) is 11.3 Å². The first-order valence-electron chi connectivity index (χ1n) is 41.2. The summed E-state index contributed by atoms with van der Waals surface area (Å²) in [7, 11) is 1.81. The zero-order valence-electron chi connectivity index (χ0n) is 67.7. The number of urea groups is 2. The maximum atomic E-state index is 13.8. The van der Waals surface area contributed by atoms with Gasteiger partial charge in [-0.15, -0.1) is 35.3 Å². The smallest absolute Gasteiger partial charge is 0.361 e. The fraction of sp³-hybridized carbons (Fsp3) is 0.478. The van der Waals surface area contributed by atoms with Crippen molar-refractivity contribution in [3.8, 4) is 0 Å². The number of alkyl halides is 3. The summed E-state index contributed by atoms with van der Waals surface area (Å²) in [4.78, 5) is 138. The van der Waals surface area contributed by atoms with E-state index in [0.717, 1.165) is 108 Å². The summed E-state index contributed by atoms with van der Waals surface area (Å²) >= 11 is 4.69. The Hall–Kier alpha value is -9.47. The van der Waals surface area contributed by atoms with Crippen LogP contribution in [0, 0.1) is 11.3 Å². The summed E-state index contributed by atoms with van der Waals surface area (Å²) in [6.45, 7) is 18.4. The van der Waals surface area contributed by atoms with Crippen LogP contribution >= 0.6 is 35.3 Å². The van der Waals surface area contributed by atoms with Gasteiger partial charge in [-0.2, -0.15) is 13.2 Å². The molecule has 0 radical (unpaired) electrons. The molecule has 0 saturated carbocycles. The number of carbonyl (C=O) groups excluding carboxylic acids is 9. The van der Waals surface area contributed by atoms with Crippen LogP contribution in [-0.2, 0) is 58.0 Å². The number of piperidine rings is 3. The molecule has 21 nitrogen and oxygen atoms in total. The Kier molecular flexibility index (Phi) is 25.8. The van der Waals surface area contributed by atoms with Gasteiger partial charge in [0.25, 0.3) is 0 Å². The molecule has 0 aliphatic carbocycles. The highest BCUT2D eigenvalue weighted by atomic mass is 32.2. The SMILES string of the molecule is CC(=O)N1CC2(CCN(C(=O)CC3SC(c4ccccc4)N(CCC(C)C)C3=O)CC2)c2cc(C(F)(F)F)ccc21.CC(C)(C)CCN1C(=O)C(CC(=O)N2CCC(N3CCc4ccccc4NC3=O)CC2)SC1c1cccc2cc[nH]c12.CN1C(=O)C(CC(=O)N2CCC(N3CCc4ccccc4NC3=O)CC2)SC1c1ccccc1.[HH].[HH].[HH]. The lowest BCUT2D eigenvalue weighted by molar-refractivity contribution is -0.138. The number of carbonyl (C=O) groups is 9. The first-order chi connectivity index (χ1) is 56.1. The summed E-state index contributed by atoms with van der Waals surface area (Å²) in [6, 6.07) is 47.7. The van der Waals surface area contributed by atoms with Crippen molar-refractivity contribution in [2.45, 2.75) is 181 Å². The van der Waals surface area contributed by atoms with Gasteiger partial charge < -0.3 is 59.7 Å². The summed E-state index contributed by atoms with van der Waals surface area (Å²) in [5, 5.41) is 5.68. The van der Waals surface area contributed by atoms with Crippen molar-refractivity contribution in [3.05, 3.63) is 197 Å². The Bertz CT molecular complexity index is 4810. The van der Waals surface area contributed by atoms with Crippen molar-refractivity contribution in [1.29, 1.82) is 0 Å². The number of amides is 11. The third kappa shape index (κ3) is 19.0. The lowest BCUT2D eigenvalue weighted by atomic mass is 9.74. The Balaban J connectivity index is 0.000000175. The number of hydrogen-bond donors (Lipinski definition) is 3. The molecular formula is C90H113F3N12O9S3. The number of hydrogen-bond acceptors (Lipinski definition) is 12. The lowest BCUT2D eigenvalue weighted by Crippen LogP contribution is -2.50. The van der Waals surface area contributed by atoms with E-state index >= 15 is 0 Å². The minimum Gasteiger partial charge on any atom is -0.361 e. The molecule has 6 fully saturated rings. The van der Waals surface area contributed by atoms with Gasteiger partial charge >= 0.3 is 18.2 Å². The lowest BCUT2D eigenvalue weighted by Gasteiger charge is -2.40. The second-order valence-corrected chi connectivity index (χ2v) is 37.8. The molecule has 1 aromatic heterocycles. The largest absolute Gasteiger partial charge is 0.416 e. The molecule has 27 heteroatoms. The first-order valence-corrected chi connectivity index (χ1v) is 44.1. The number of nitrogens with zero attached hydrogens (tertiary/aromatic N) is 9. The van der Waals surface area contributed by atoms with Crippen LogP contribution < -0.4 is 15.5 Å². The highest BCUT2D eigenvalue weighted by molar-refractivity contribution is 8.01. The molecule has 16 rings (SSSR count). The van der Waals surface area contributed by atoms with Crippen LogP contribution in [-0.4, -0.2) is 204 Å². The van der Waals surface area contributed by atoms with E-state index in [0.29, 0.717) is 102 Å². The molecule has 10 heterocycles. The van der Waals surface area contributed by atoms with Crippen molar-refractivity contribution in [3.63, 3.8) is 0 Å². The van der Waals surface area contributed by atoms with E-state index in [-0.39, 0.29) is 116 Å². The molecule has 1 spiro atoms. The van der Waals surface area contributed by atoms with Crippen molar-refractivity contribution >= 4 is 117 Å². The quantitative estimate of drug-likeness (QED) is 0.0822. The van der Waals surface area contributed by atoms with Crippen LogP contribution in [0.25, 0.3) is 10.9 Å². The fourth-order valence-electron chi connectivity index (χ4n) is 17.8. The fourth-order valence-corrected chi connectivity index (χ4v) is 22.2. The summed E-state index contributed by atoms with van der Waals surface area (Å²) in [5.74, 6) is 0.220. The molecule has 117 heavy (non-hydrogen) atoms. The summed E-state index contributed by atoms with van der Waals surface area (Å²) in [6.07, 6.45) is 5.30. The van der Waals surface area contributed by atoms with Crippen LogP contribution in [0.1, 0.15) is 172 Å². The summed E-state index contributed by atoms with van der Waals surface area (Å²) in [5.41, 5.74) is 8.14. The van der Waals surface area contributed by atoms with Gasteiger partial charge in [-0.25, -0.2) is 9.59 Å². The predicted molar refractivity (Wildman–Crippen MR) is 461 cm³/mol. The van der Waals surface area contributed by atoms with Crippen molar-refractivity contribution < 1.29 is 60.6 Å². The molecule has 9 aliphatic heterocycles. The number of likely N-dealkylation sites (tertiary alicyclic amines) is 3. The van der Waals surface area contributed by atoms with Gasteiger partial charge in [0.2, 0.25) is 41.4 Å². The minimum absolute atomic E-state index is 0.